The van der Waals surface area contributed by atoms with E-state index in [-0.39, 0.29) is 23.6 Å². The van der Waals surface area contributed by atoms with Gasteiger partial charge in [0.1, 0.15) is 0 Å². The van der Waals surface area contributed by atoms with Gasteiger partial charge < -0.3 is 9.31 Å². The number of allylic oxidation sites excluding steroid dienone is 1. The smallest absolute Gasteiger partial charge is 0.403 e. The predicted molar refractivity (Wildman–Crippen MR) is 66.7 cm³/mol. The number of hydrogen-bond donors (Lipinski definition) is 0. The van der Waals surface area contributed by atoms with Crippen LogP contribution in [0, 0.1) is 0 Å². The molecule has 0 spiro atoms. The van der Waals surface area contributed by atoms with E-state index in [4.69, 9.17) is 9.31 Å². The van der Waals surface area contributed by atoms with Crippen molar-refractivity contribution in [2.75, 3.05) is 0 Å². The molecule has 1 fully saturated rings. The van der Waals surface area contributed by atoms with E-state index in [9.17, 15) is 0 Å². The molecule has 0 amide bonds. The summed E-state index contributed by atoms with van der Waals surface area (Å²) in [6.07, 6.45) is 6.69. The Morgan fingerprint density at radius 1 is 1.06 bits per heavy atom. The van der Waals surface area contributed by atoms with Gasteiger partial charge in [0.2, 0.25) is 0 Å². The van der Waals surface area contributed by atoms with Crippen LogP contribution in [0.1, 0.15) is 41.0 Å². The maximum atomic E-state index is 6.07. The molecule has 1 saturated heterocycles. The quantitative estimate of drug-likeness (QED) is 0.637. The largest absolute Gasteiger partial charge is 0.468 e. The van der Waals surface area contributed by atoms with Crippen LogP contribution in [0.4, 0.5) is 0 Å². The van der Waals surface area contributed by atoms with Crippen LogP contribution in [-0.4, -0.2) is 24.5 Å². The summed E-state index contributed by atoms with van der Waals surface area (Å²) in [5, 5.41) is -0.104. The van der Waals surface area contributed by atoms with Crippen LogP contribution in [0.3, 0.4) is 0 Å². The Labute approximate surface area is 98.1 Å². The zero-order valence-electron chi connectivity index (χ0n) is 10.8. The molecule has 0 aliphatic carbocycles. The molecule has 88 valence electrons. The van der Waals surface area contributed by atoms with Crippen molar-refractivity contribution in [1.82, 2.24) is 0 Å². The molecule has 4 heteroatoms. The molecule has 0 aromatic heterocycles. The Balaban J connectivity index is 2.20. The minimum absolute atomic E-state index is 0.104. The average Bonchev–Trinajstić information content (AvgIpc) is 2.38. The lowest BCUT2D eigenvalue weighted by molar-refractivity contribution is 0.00578. The molecule has 2 rings (SSSR count). The van der Waals surface area contributed by atoms with Gasteiger partial charge in [-0.2, -0.15) is 0 Å². The van der Waals surface area contributed by atoms with Crippen molar-refractivity contribution in [2.45, 2.75) is 57.6 Å². The second kappa shape index (κ2) is 3.44. The summed E-state index contributed by atoms with van der Waals surface area (Å²) < 4.78 is 12.1. The van der Waals surface area contributed by atoms with Gasteiger partial charge in [0.15, 0.2) is 0 Å². The Morgan fingerprint density at radius 3 is 2.06 bits per heavy atom. The van der Waals surface area contributed by atoms with Gasteiger partial charge in [0.05, 0.1) is 11.2 Å². The minimum atomic E-state index is -0.261. The Kier molecular flexibility index (Phi) is 2.55. The van der Waals surface area contributed by atoms with E-state index in [1.165, 1.54) is 0 Å². The highest BCUT2D eigenvalue weighted by Gasteiger charge is 2.57. The Hall–Kier alpha value is -0.605. The van der Waals surface area contributed by atoms with Crippen LogP contribution in [0.2, 0.25) is 5.31 Å². The van der Waals surface area contributed by atoms with Crippen LogP contribution < -0.4 is 0 Å². The fourth-order valence-corrected chi connectivity index (χ4v) is 1.88. The highest BCUT2D eigenvalue weighted by atomic mass is 16.7. The number of aliphatic imine (C=N–C) groups is 1. The topological polar surface area (TPSA) is 30.8 Å². The lowest BCUT2D eigenvalue weighted by Gasteiger charge is -2.32. The summed E-state index contributed by atoms with van der Waals surface area (Å²) in [4.78, 5) is 4.10. The van der Waals surface area contributed by atoms with Crippen LogP contribution >= 0.6 is 0 Å². The molecule has 2 aliphatic heterocycles. The summed E-state index contributed by atoms with van der Waals surface area (Å²) in [7, 11) is -0.194. The van der Waals surface area contributed by atoms with Gasteiger partial charge in [-0.05, 0) is 34.1 Å². The molecule has 0 aromatic carbocycles. The van der Waals surface area contributed by atoms with Gasteiger partial charge in [-0.1, -0.05) is 13.0 Å². The highest BCUT2D eigenvalue weighted by molar-refractivity contribution is 6.50. The fourth-order valence-electron chi connectivity index (χ4n) is 1.88. The molecular formula is C12H20BNO2. The number of hydrogen-bond acceptors (Lipinski definition) is 3. The van der Waals surface area contributed by atoms with Crippen molar-refractivity contribution in [1.29, 1.82) is 0 Å². The van der Waals surface area contributed by atoms with E-state index in [2.05, 4.69) is 45.7 Å². The zero-order chi connectivity index (χ0) is 12.0. The van der Waals surface area contributed by atoms with Crippen molar-refractivity contribution in [3.63, 3.8) is 0 Å². The standard InChI is InChI=1S/C12H20BNO2/c1-10(2)11(3,4)16-13(15-10)12(5)6-8-14-9-7-12/h6,8-9H,7H2,1-5H3. The van der Waals surface area contributed by atoms with E-state index in [0.717, 1.165) is 6.42 Å². The number of nitrogens with zero attached hydrogens (tertiary/aromatic N) is 1. The van der Waals surface area contributed by atoms with E-state index < -0.39 is 0 Å². The van der Waals surface area contributed by atoms with Gasteiger partial charge >= 0.3 is 7.12 Å². The summed E-state index contributed by atoms with van der Waals surface area (Å²) in [6.45, 7) is 10.5. The maximum absolute atomic E-state index is 6.07. The second-order valence-electron chi connectivity index (χ2n) is 5.95. The molecule has 0 aromatic rings. The average molecular weight is 221 g/mol. The lowest BCUT2D eigenvalue weighted by Crippen LogP contribution is -2.41. The van der Waals surface area contributed by atoms with Gasteiger partial charge in [-0.25, -0.2) is 0 Å². The van der Waals surface area contributed by atoms with Gasteiger partial charge in [-0.15, -0.1) is 0 Å². The van der Waals surface area contributed by atoms with Crippen molar-refractivity contribution < 1.29 is 9.31 Å². The van der Waals surface area contributed by atoms with E-state index in [1.54, 1.807) is 0 Å². The first-order valence-corrected chi connectivity index (χ1v) is 5.82. The third kappa shape index (κ3) is 1.74. The normalized spacial score (nSPS) is 35.7. The van der Waals surface area contributed by atoms with Crippen molar-refractivity contribution >= 4 is 13.3 Å². The molecule has 0 saturated carbocycles. The van der Waals surface area contributed by atoms with Gasteiger partial charge in [0.25, 0.3) is 0 Å². The predicted octanol–water partition coefficient (Wildman–Crippen LogP) is 2.83. The van der Waals surface area contributed by atoms with Gasteiger partial charge in [-0.3, -0.25) is 4.99 Å². The first kappa shape index (κ1) is 11.9. The van der Waals surface area contributed by atoms with Gasteiger partial charge in [0, 0.05) is 17.7 Å². The Bertz CT molecular complexity index is 333. The molecule has 16 heavy (non-hydrogen) atoms. The Morgan fingerprint density at radius 2 is 1.62 bits per heavy atom. The summed E-state index contributed by atoms with van der Waals surface area (Å²) in [6, 6.07) is 0. The molecular weight excluding hydrogens is 201 g/mol. The minimum Gasteiger partial charge on any atom is -0.403 e. The molecule has 0 radical (unpaired) electrons. The maximum Gasteiger partial charge on any atom is 0.468 e. The van der Waals surface area contributed by atoms with Crippen LogP contribution in [-0.2, 0) is 9.31 Å². The SMILES string of the molecule is CC1(B2OC(C)(C)C(C)(C)O2)C=CN=CC1. The monoisotopic (exact) mass is 221 g/mol. The first-order chi connectivity index (χ1) is 7.27. The summed E-state index contributed by atoms with van der Waals surface area (Å²) >= 11 is 0. The fraction of sp³-hybridized carbons (Fsp3) is 0.750. The van der Waals surface area contributed by atoms with Crippen molar-refractivity contribution in [3.05, 3.63) is 12.3 Å². The molecule has 2 aliphatic rings. The summed E-state index contributed by atoms with van der Waals surface area (Å²) in [5.74, 6) is 0. The molecule has 1 unspecified atom stereocenters. The first-order valence-electron chi connectivity index (χ1n) is 5.82. The van der Waals surface area contributed by atoms with Crippen LogP contribution in [0.15, 0.2) is 17.3 Å². The highest BCUT2D eigenvalue weighted by Crippen LogP contribution is 2.47. The molecule has 3 nitrogen and oxygen atoms in total. The van der Waals surface area contributed by atoms with Crippen molar-refractivity contribution in [2.24, 2.45) is 4.99 Å². The summed E-state index contributed by atoms with van der Waals surface area (Å²) in [5.41, 5.74) is -0.522. The molecule has 0 bridgehead atoms. The van der Waals surface area contributed by atoms with Crippen molar-refractivity contribution in [3.8, 4) is 0 Å². The van der Waals surface area contributed by atoms with E-state index >= 15 is 0 Å². The zero-order valence-corrected chi connectivity index (χ0v) is 10.8. The molecule has 0 N–H and O–H groups in total. The molecule has 2 heterocycles. The van der Waals surface area contributed by atoms with Crippen LogP contribution in [0.5, 0.6) is 0 Å². The third-order valence-electron chi connectivity index (χ3n) is 3.97. The molecule has 1 atom stereocenters. The second-order valence-corrected chi connectivity index (χ2v) is 5.95. The third-order valence-corrected chi connectivity index (χ3v) is 3.97. The van der Waals surface area contributed by atoms with E-state index in [0.29, 0.717) is 0 Å². The van der Waals surface area contributed by atoms with E-state index in [1.807, 2.05) is 12.4 Å². The number of rotatable bonds is 1. The lowest BCUT2D eigenvalue weighted by atomic mass is 9.56. The van der Waals surface area contributed by atoms with Crippen LogP contribution in [0.25, 0.3) is 0 Å².